The predicted octanol–water partition coefficient (Wildman–Crippen LogP) is 24.8. The molecule has 0 unspecified atom stereocenters. The molecule has 12 heteroatoms. The lowest BCUT2D eigenvalue weighted by molar-refractivity contribution is 0.301. The molecular weight excluding hydrogens is 1260 g/mol. The molecule has 0 amide bonds. The van der Waals surface area contributed by atoms with Gasteiger partial charge in [0.2, 0.25) is 0 Å². The number of ether oxygens (including phenoxy) is 4. The lowest BCUT2D eigenvalue weighted by Gasteiger charge is -2.28. The second-order valence-corrected chi connectivity index (χ2v) is 29.3. The molecule has 4 saturated carbocycles. The van der Waals surface area contributed by atoms with Crippen LogP contribution in [0.3, 0.4) is 0 Å². The first-order valence-electron chi connectivity index (χ1n) is 40.4. The van der Waals surface area contributed by atoms with Crippen LogP contribution in [0.4, 0.5) is 0 Å². The molecule has 12 nitrogen and oxygen atoms in total. The van der Waals surface area contributed by atoms with E-state index in [0.29, 0.717) is 50.1 Å². The molecule has 0 aliphatic heterocycles. The molecule has 4 aliphatic rings. The standard InChI is InChI=1S/C25H36N2O.C23H32N2O.C22H30N2O.C20H26N2O/c1-3-5-6-7-8-9-20-10-12-21(13-11-20)23-18-26-25(27-19-23)22-14-16-24(17-15-22)28-4-2;1-3-5-6-7-18-8-10-19(11-9-18)21-16-24-23(25-17-21)20-12-14-22(15-13-20)26-4-2;1-3-5-6-17-7-9-18(10-8-17)20-15-23-22(24-16-20)19-11-13-21(14-12-19)25-4-2;1-3-15-5-7-16(8-6-15)18-13-21-20(22-14-18)17-9-11-19(12-10-17)23-4-2/h14-21H,3-13H2,1-2H3;12-19H,3-11H2,1-2H3;11-18H,3-10H2,1-2H3;9-16H,3-8H2,1-2H3/t20-,21-;18-,19-;17-,18-;15-,16-. The summed E-state index contributed by atoms with van der Waals surface area (Å²) in [5.41, 5.74) is 9.40. The molecule has 4 aromatic heterocycles. The Morgan fingerprint density at radius 2 is 0.461 bits per heavy atom. The van der Waals surface area contributed by atoms with Crippen LogP contribution in [-0.2, 0) is 0 Å². The van der Waals surface area contributed by atoms with Crippen molar-refractivity contribution in [1.82, 2.24) is 39.9 Å². The van der Waals surface area contributed by atoms with Gasteiger partial charge in [0.15, 0.2) is 23.3 Å². The number of hydrogen-bond donors (Lipinski definition) is 0. The molecule has 12 rings (SSSR count). The van der Waals surface area contributed by atoms with Crippen molar-refractivity contribution in [2.75, 3.05) is 26.4 Å². The van der Waals surface area contributed by atoms with Gasteiger partial charge in [-0.05, 0) is 297 Å². The molecule has 0 spiro atoms. The van der Waals surface area contributed by atoms with E-state index in [1.807, 2.05) is 162 Å². The van der Waals surface area contributed by atoms with Crippen molar-refractivity contribution >= 4 is 0 Å². The van der Waals surface area contributed by atoms with E-state index >= 15 is 0 Å². The van der Waals surface area contributed by atoms with Crippen molar-refractivity contribution < 1.29 is 18.9 Å². The number of aromatic nitrogens is 8. The molecule has 4 fully saturated rings. The maximum Gasteiger partial charge on any atom is 0.159 e. The van der Waals surface area contributed by atoms with Crippen molar-refractivity contribution in [2.24, 2.45) is 23.7 Å². The normalized spacial score (nSPS) is 20.2. The second kappa shape index (κ2) is 44.1. The van der Waals surface area contributed by atoms with Crippen molar-refractivity contribution in [2.45, 2.75) is 272 Å². The Labute approximate surface area is 614 Å². The van der Waals surface area contributed by atoms with Gasteiger partial charge in [-0.15, -0.1) is 0 Å². The van der Waals surface area contributed by atoms with Gasteiger partial charge in [-0.2, -0.15) is 0 Å². The molecule has 4 heterocycles. The van der Waals surface area contributed by atoms with Gasteiger partial charge in [0.1, 0.15) is 23.0 Å². The molecule has 0 bridgehead atoms. The van der Waals surface area contributed by atoms with Crippen LogP contribution in [0.1, 0.15) is 294 Å². The van der Waals surface area contributed by atoms with Crippen LogP contribution in [0.2, 0.25) is 0 Å². The smallest absolute Gasteiger partial charge is 0.159 e. The zero-order chi connectivity index (χ0) is 71.4. The molecule has 8 aromatic rings. The first kappa shape index (κ1) is 78.5. The quantitative estimate of drug-likeness (QED) is 0.0396. The number of hydrogen-bond acceptors (Lipinski definition) is 12. The maximum atomic E-state index is 5.50. The Hall–Kier alpha value is -7.60. The number of nitrogens with zero attached hydrogens (tertiary/aromatic N) is 8. The van der Waals surface area contributed by atoms with Crippen LogP contribution >= 0.6 is 0 Å². The number of benzene rings is 4. The van der Waals surface area contributed by atoms with Gasteiger partial charge in [-0.1, -0.05) is 118 Å². The number of rotatable bonds is 30. The first-order chi connectivity index (χ1) is 50.2. The van der Waals surface area contributed by atoms with Crippen molar-refractivity contribution in [3.63, 3.8) is 0 Å². The first-order valence-corrected chi connectivity index (χ1v) is 40.4. The van der Waals surface area contributed by atoms with Gasteiger partial charge in [0.05, 0.1) is 26.4 Å². The summed E-state index contributed by atoms with van der Waals surface area (Å²) in [5.74, 6) is 13.1. The average Bonchev–Trinajstić information content (AvgIpc) is 0.859. The van der Waals surface area contributed by atoms with Crippen molar-refractivity contribution in [1.29, 1.82) is 0 Å². The zero-order valence-electron chi connectivity index (χ0n) is 63.7. The van der Waals surface area contributed by atoms with Crippen LogP contribution in [0, 0.1) is 23.7 Å². The van der Waals surface area contributed by atoms with Crippen LogP contribution < -0.4 is 18.9 Å². The fraction of sp³-hybridized carbons (Fsp3) is 0.556. The molecular formula is C90H124N8O4. The summed E-state index contributed by atoms with van der Waals surface area (Å²) >= 11 is 0. The Kier molecular flexibility index (Phi) is 34.0. The summed E-state index contributed by atoms with van der Waals surface area (Å²) in [6, 6.07) is 32.1. The van der Waals surface area contributed by atoms with E-state index in [4.69, 9.17) is 18.9 Å². The molecule has 0 N–H and O–H groups in total. The largest absolute Gasteiger partial charge is 0.494 e. The van der Waals surface area contributed by atoms with E-state index in [9.17, 15) is 0 Å². The van der Waals surface area contributed by atoms with Gasteiger partial charge in [-0.3, -0.25) is 0 Å². The van der Waals surface area contributed by atoms with Crippen LogP contribution in [-0.4, -0.2) is 66.3 Å². The van der Waals surface area contributed by atoms with Crippen LogP contribution in [0.15, 0.2) is 147 Å². The molecule has 548 valence electrons. The van der Waals surface area contributed by atoms with Crippen molar-refractivity contribution in [3.8, 4) is 68.5 Å². The highest BCUT2D eigenvalue weighted by Crippen LogP contribution is 2.42. The molecule has 0 atom stereocenters. The Balaban J connectivity index is 0.000000159. The van der Waals surface area contributed by atoms with E-state index in [1.54, 1.807) is 0 Å². The van der Waals surface area contributed by atoms with Crippen LogP contribution in [0.25, 0.3) is 45.6 Å². The van der Waals surface area contributed by atoms with Gasteiger partial charge < -0.3 is 18.9 Å². The summed E-state index contributed by atoms with van der Waals surface area (Å²) in [6.45, 7) is 19.9. The highest BCUT2D eigenvalue weighted by molar-refractivity contribution is 5.59. The van der Waals surface area contributed by atoms with E-state index in [-0.39, 0.29) is 0 Å². The minimum Gasteiger partial charge on any atom is -0.494 e. The lowest BCUT2D eigenvalue weighted by atomic mass is 9.77. The minimum absolute atomic E-state index is 0.644. The lowest BCUT2D eigenvalue weighted by Crippen LogP contribution is -2.14. The fourth-order valence-electron chi connectivity index (χ4n) is 15.7. The van der Waals surface area contributed by atoms with E-state index in [2.05, 4.69) is 80.0 Å². The minimum atomic E-state index is 0.644. The van der Waals surface area contributed by atoms with Gasteiger partial charge in [0.25, 0.3) is 0 Å². The van der Waals surface area contributed by atoms with E-state index in [1.165, 1.54) is 215 Å². The summed E-state index contributed by atoms with van der Waals surface area (Å²) in [5, 5.41) is 0. The van der Waals surface area contributed by atoms with E-state index in [0.717, 1.165) is 92.2 Å². The summed E-state index contributed by atoms with van der Waals surface area (Å²) in [7, 11) is 0. The maximum absolute atomic E-state index is 5.50. The Morgan fingerprint density at radius 3 is 0.696 bits per heavy atom. The third-order valence-electron chi connectivity index (χ3n) is 22.1. The van der Waals surface area contributed by atoms with Gasteiger partial charge in [-0.25, -0.2) is 39.9 Å². The monoisotopic (exact) mass is 1380 g/mol. The molecule has 0 saturated heterocycles. The van der Waals surface area contributed by atoms with E-state index < -0.39 is 0 Å². The Bertz CT molecular complexity index is 3490. The fourth-order valence-corrected chi connectivity index (χ4v) is 15.7. The molecule has 0 radical (unpaired) electrons. The summed E-state index contributed by atoms with van der Waals surface area (Å²) in [4.78, 5) is 37.0. The second-order valence-electron chi connectivity index (χ2n) is 29.3. The Morgan fingerprint density at radius 1 is 0.245 bits per heavy atom. The zero-order valence-corrected chi connectivity index (χ0v) is 63.7. The molecule has 102 heavy (non-hydrogen) atoms. The topological polar surface area (TPSA) is 140 Å². The molecule has 4 aliphatic carbocycles. The third-order valence-corrected chi connectivity index (χ3v) is 22.1. The summed E-state index contributed by atoms with van der Waals surface area (Å²) < 4.78 is 22.0. The van der Waals surface area contributed by atoms with Gasteiger partial charge in [0, 0.05) is 71.8 Å². The molecule has 4 aromatic carbocycles. The van der Waals surface area contributed by atoms with Crippen LogP contribution in [0.5, 0.6) is 23.0 Å². The highest BCUT2D eigenvalue weighted by Gasteiger charge is 2.27. The summed E-state index contributed by atoms with van der Waals surface area (Å²) in [6.07, 6.45) is 57.0. The highest BCUT2D eigenvalue weighted by atomic mass is 16.5. The average molecular weight is 1380 g/mol. The number of unbranched alkanes of at least 4 members (excludes halogenated alkanes) is 7. The predicted molar refractivity (Wildman–Crippen MR) is 421 cm³/mol. The SMILES string of the molecule is CCCCCCC[C@H]1CC[C@H](c2cnc(-c3ccc(OCC)cc3)nc2)CC1.CCCCC[C@H]1CC[C@H](c2cnc(-c3ccc(OCC)cc3)nc2)CC1.CCCC[C@H]1CC[C@H](c2cnc(-c3ccc(OCC)cc3)nc2)CC1.CCOc1ccc(-c2ncc([C@H]3CC[C@H](CC)CC3)cn2)cc1. The van der Waals surface area contributed by atoms with Crippen molar-refractivity contribution in [3.05, 3.63) is 169 Å². The third kappa shape index (κ3) is 25.4. The van der Waals surface area contributed by atoms with Gasteiger partial charge >= 0.3 is 0 Å².